The molecule has 1 unspecified atom stereocenters. The number of nitrogens with zero attached hydrogens (tertiary/aromatic N) is 1. The van der Waals surface area contributed by atoms with Crippen LogP contribution in [0.15, 0.2) is 51.8 Å². The quantitative estimate of drug-likeness (QED) is 0.254. The van der Waals surface area contributed by atoms with Gasteiger partial charge in [-0.3, -0.25) is 9.35 Å². The number of fused-ring (bicyclic) bond motifs is 1. The Balaban J connectivity index is 1.92. The van der Waals surface area contributed by atoms with Gasteiger partial charge in [-0.2, -0.15) is 8.42 Å². The molecule has 0 spiro atoms. The lowest BCUT2D eigenvalue weighted by molar-refractivity contribution is -0.123. The average molecular weight is 632 g/mol. The van der Waals surface area contributed by atoms with Gasteiger partial charge >= 0.3 is 0 Å². The van der Waals surface area contributed by atoms with Crippen molar-refractivity contribution < 1.29 is 30.9 Å². The molecule has 1 atom stereocenters. The van der Waals surface area contributed by atoms with Gasteiger partial charge in [0.05, 0.1) is 26.6 Å². The number of amides is 1. The normalized spacial score (nSPS) is 18.9. The monoisotopic (exact) mass is 630 g/mol. The summed E-state index contributed by atoms with van der Waals surface area (Å²) in [5, 5.41) is 2.52. The van der Waals surface area contributed by atoms with Crippen LogP contribution in [-0.2, 0) is 24.7 Å². The Hall–Kier alpha value is -2.15. The SMILES string of the molecule is CCCCC1(CC)CN(c2ccccc2)c2cc(Br)c(OCC(=O)NCCCS(=O)(=O)O)cc2S(=O)(=O)C1. The maximum atomic E-state index is 13.8. The molecule has 0 bridgehead atoms. The van der Waals surface area contributed by atoms with Gasteiger partial charge in [0.25, 0.3) is 16.0 Å². The molecule has 38 heavy (non-hydrogen) atoms. The van der Waals surface area contributed by atoms with E-state index in [1.54, 1.807) is 6.07 Å². The van der Waals surface area contributed by atoms with Crippen molar-refractivity contribution in [3.63, 3.8) is 0 Å². The van der Waals surface area contributed by atoms with E-state index in [9.17, 15) is 21.6 Å². The van der Waals surface area contributed by atoms with Gasteiger partial charge in [0, 0.05) is 30.3 Å². The van der Waals surface area contributed by atoms with Gasteiger partial charge in [-0.05, 0) is 53.4 Å². The molecule has 1 amide bonds. The molecule has 0 aromatic heterocycles. The lowest BCUT2D eigenvalue weighted by Crippen LogP contribution is -2.37. The summed E-state index contributed by atoms with van der Waals surface area (Å²) in [6.07, 6.45) is 3.46. The molecule has 1 aliphatic heterocycles. The third-order valence-electron chi connectivity index (χ3n) is 6.77. The summed E-state index contributed by atoms with van der Waals surface area (Å²) in [5.74, 6) is -0.730. The van der Waals surface area contributed by atoms with E-state index in [0.29, 0.717) is 23.1 Å². The third-order valence-corrected chi connectivity index (χ3v) is 10.2. The third kappa shape index (κ3) is 7.93. The predicted octanol–water partition coefficient (Wildman–Crippen LogP) is 4.73. The minimum Gasteiger partial charge on any atom is -0.483 e. The second-order valence-corrected chi connectivity index (χ2v) is 14.1. The number of sulfone groups is 1. The summed E-state index contributed by atoms with van der Waals surface area (Å²) in [7, 11) is -7.80. The van der Waals surface area contributed by atoms with Gasteiger partial charge in [0.1, 0.15) is 5.75 Å². The van der Waals surface area contributed by atoms with Gasteiger partial charge in [-0.25, -0.2) is 8.42 Å². The molecule has 0 radical (unpaired) electrons. The Morgan fingerprint density at radius 2 is 1.89 bits per heavy atom. The van der Waals surface area contributed by atoms with Crippen LogP contribution in [0.5, 0.6) is 5.75 Å². The van der Waals surface area contributed by atoms with Crippen LogP contribution >= 0.6 is 15.9 Å². The number of ether oxygens (including phenoxy) is 1. The molecule has 9 nitrogen and oxygen atoms in total. The number of nitrogens with one attached hydrogen (secondary N) is 1. The maximum absolute atomic E-state index is 13.8. The molecule has 3 rings (SSSR count). The molecule has 2 aromatic rings. The van der Waals surface area contributed by atoms with E-state index in [0.717, 1.165) is 24.9 Å². The lowest BCUT2D eigenvalue weighted by atomic mass is 9.81. The van der Waals surface area contributed by atoms with Gasteiger partial charge in [-0.15, -0.1) is 0 Å². The van der Waals surface area contributed by atoms with Crippen LogP contribution in [0.3, 0.4) is 0 Å². The van der Waals surface area contributed by atoms with E-state index >= 15 is 0 Å². The standard InChI is InChI=1S/C26H35BrN2O7S2/c1-3-5-12-26(4-2)18-29(20-10-7-6-8-11-20)22-15-21(27)23(16-24(22)37(31,32)19-26)36-17-25(30)28-13-9-14-38(33,34)35/h6-8,10-11,15-16H,3-5,9,12-14,17-19H2,1-2H3,(H,28,30)(H,33,34,35). The fourth-order valence-corrected chi connectivity index (χ4v) is 7.78. The van der Waals surface area contributed by atoms with Crippen molar-refractivity contribution in [1.82, 2.24) is 5.32 Å². The molecular weight excluding hydrogens is 596 g/mol. The van der Waals surface area contributed by atoms with Gasteiger partial charge < -0.3 is 15.0 Å². The molecule has 0 aliphatic carbocycles. The van der Waals surface area contributed by atoms with Gasteiger partial charge in [-0.1, -0.05) is 44.9 Å². The largest absolute Gasteiger partial charge is 0.483 e. The molecule has 2 aromatic carbocycles. The molecule has 1 aliphatic rings. The highest BCUT2D eigenvalue weighted by Gasteiger charge is 2.41. The number of rotatable bonds is 12. The summed E-state index contributed by atoms with van der Waals surface area (Å²) in [4.78, 5) is 14.4. The summed E-state index contributed by atoms with van der Waals surface area (Å²) < 4.78 is 64.2. The van der Waals surface area contributed by atoms with Crippen molar-refractivity contribution in [2.24, 2.45) is 5.41 Å². The lowest BCUT2D eigenvalue weighted by Gasteiger charge is -2.36. The maximum Gasteiger partial charge on any atom is 0.264 e. The summed E-state index contributed by atoms with van der Waals surface area (Å²) in [6.45, 7) is 4.36. The fraction of sp³-hybridized carbons (Fsp3) is 0.500. The number of hydrogen-bond donors (Lipinski definition) is 2. The van der Waals surface area contributed by atoms with Crippen molar-refractivity contribution in [3.8, 4) is 5.75 Å². The average Bonchev–Trinajstić information content (AvgIpc) is 2.96. The van der Waals surface area contributed by atoms with E-state index in [2.05, 4.69) is 33.1 Å². The number of para-hydroxylation sites is 1. The van der Waals surface area contributed by atoms with Crippen molar-refractivity contribution in [2.75, 3.05) is 36.1 Å². The van der Waals surface area contributed by atoms with Gasteiger partial charge in [0.15, 0.2) is 16.4 Å². The Kier molecular flexibility index (Phi) is 10.2. The van der Waals surface area contributed by atoms with E-state index in [1.807, 2.05) is 37.3 Å². The molecular formula is C26H35BrN2O7S2. The van der Waals surface area contributed by atoms with Crippen molar-refractivity contribution >= 4 is 53.2 Å². The smallest absolute Gasteiger partial charge is 0.264 e. The van der Waals surface area contributed by atoms with Crippen LogP contribution in [-0.4, -0.2) is 58.5 Å². The van der Waals surface area contributed by atoms with E-state index < -0.39 is 37.0 Å². The van der Waals surface area contributed by atoms with Crippen LogP contribution in [0, 0.1) is 5.41 Å². The zero-order chi connectivity index (χ0) is 28.0. The van der Waals surface area contributed by atoms with E-state index in [1.165, 1.54) is 6.07 Å². The number of carbonyl (C=O) groups is 1. The number of benzene rings is 2. The number of unbranched alkanes of at least 4 members (excludes halogenated alkanes) is 1. The first kappa shape index (κ1) is 30.4. The number of carbonyl (C=O) groups excluding carboxylic acids is 1. The molecule has 1 heterocycles. The highest BCUT2D eigenvalue weighted by molar-refractivity contribution is 9.10. The zero-order valence-corrected chi connectivity index (χ0v) is 24.9. The van der Waals surface area contributed by atoms with Crippen LogP contribution in [0.1, 0.15) is 46.0 Å². The Morgan fingerprint density at radius 3 is 2.53 bits per heavy atom. The predicted molar refractivity (Wildman–Crippen MR) is 151 cm³/mol. The molecule has 2 N–H and O–H groups in total. The van der Waals surface area contributed by atoms with E-state index in [4.69, 9.17) is 9.29 Å². The minimum atomic E-state index is -4.10. The van der Waals surface area contributed by atoms with Crippen molar-refractivity contribution in [3.05, 3.63) is 46.9 Å². The van der Waals surface area contributed by atoms with Crippen LogP contribution in [0.4, 0.5) is 11.4 Å². The highest BCUT2D eigenvalue weighted by Crippen LogP contribution is 2.46. The zero-order valence-electron chi connectivity index (χ0n) is 21.7. The second kappa shape index (κ2) is 12.8. The number of hydrogen-bond acceptors (Lipinski definition) is 7. The number of anilines is 2. The highest BCUT2D eigenvalue weighted by atomic mass is 79.9. The van der Waals surface area contributed by atoms with Crippen molar-refractivity contribution in [1.29, 1.82) is 0 Å². The molecule has 12 heteroatoms. The molecule has 210 valence electrons. The fourth-order valence-electron chi connectivity index (χ4n) is 4.65. The summed E-state index contributed by atoms with van der Waals surface area (Å²) >= 11 is 3.49. The first-order chi connectivity index (χ1) is 17.9. The van der Waals surface area contributed by atoms with Crippen LogP contribution < -0.4 is 15.0 Å². The van der Waals surface area contributed by atoms with Gasteiger partial charge in [0.2, 0.25) is 0 Å². The Bertz CT molecular complexity index is 1330. The number of halogens is 1. The van der Waals surface area contributed by atoms with Crippen molar-refractivity contribution in [2.45, 2.75) is 50.8 Å². The topological polar surface area (TPSA) is 130 Å². The minimum absolute atomic E-state index is 0.0160. The molecule has 0 fully saturated rings. The molecule has 0 saturated carbocycles. The second-order valence-electron chi connectivity index (χ2n) is 9.67. The summed E-state index contributed by atoms with van der Waals surface area (Å²) in [6, 6.07) is 12.9. The summed E-state index contributed by atoms with van der Waals surface area (Å²) in [5.41, 5.74) is 1.01. The van der Waals surface area contributed by atoms with Crippen LogP contribution in [0.2, 0.25) is 0 Å². The Labute approximate surface area is 233 Å². The first-order valence-corrected chi connectivity index (χ1v) is 16.7. The van der Waals surface area contributed by atoms with E-state index in [-0.39, 0.29) is 36.0 Å². The Morgan fingerprint density at radius 1 is 1.18 bits per heavy atom. The first-order valence-electron chi connectivity index (χ1n) is 12.6. The molecule has 0 saturated heterocycles. The van der Waals surface area contributed by atoms with Crippen LogP contribution in [0.25, 0.3) is 0 Å².